The standard InChI is InChI=1S/C14H16N2O3S/c1-10(13-7-15-9-20-13)16-11-3-5-12(6-4-11)19-8-14(17)18-2/h3-7,9-10,16H,8H2,1-2H3. The maximum absolute atomic E-state index is 11.0. The van der Waals surface area contributed by atoms with Gasteiger partial charge in [0.05, 0.1) is 18.7 Å². The van der Waals surface area contributed by atoms with Crippen molar-refractivity contribution >= 4 is 23.0 Å². The number of hydrogen-bond acceptors (Lipinski definition) is 6. The fourth-order valence-electron chi connectivity index (χ4n) is 1.61. The van der Waals surface area contributed by atoms with Crippen LogP contribution in [0.2, 0.25) is 0 Å². The van der Waals surface area contributed by atoms with Gasteiger partial charge in [0.25, 0.3) is 0 Å². The Bertz CT molecular complexity index is 540. The summed E-state index contributed by atoms with van der Waals surface area (Å²) in [6.45, 7) is 2.00. The molecule has 0 aliphatic heterocycles. The summed E-state index contributed by atoms with van der Waals surface area (Å²) >= 11 is 1.62. The van der Waals surface area contributed by atoms with E-state index >= 15 is 0 Å². The van der Waals surface area contributed by atoms with Crippen LogP contribution in [-0.4, -0.2) is 24.7 Å². The molecule has 0 aliphatic carbocycles. The molecule has 0 fully saturated rings. The lowest BCUT2D eigenvalue weighted by atomic mass is 10.2. The molecule has 0 amide bonds. The number of nitrogens with one attached hydrogen (secondary N) is 1. The molecule has 1 heterocycles. The van der Waals surface area contributed by atoms with Crippen molar-refractivity contribution in [1.82, 2.24) is 4.98 Å². The molecule has 0 bridgehead atoms. The lowest BCUT2D eigenvalue weighted by Crippen LogP contribution is -2.12. The molecule has 6 heteroatoms. The topological polar surface area (TPSA) is 60.5 Å². The number of benzene rings is 1. The molecular weight excluding hydrogens is 276 g/mol. The largest absolute Gasteiger partial charge is 0.482 e. The minimum absolute atomic E-state index is 0.0828. The molecule has 1 aromatic heterocycles. The lowest BCUT2D eigenvalue weighted by molar-refractivity contribution is -0.142. The normalized spacial score (nSPS) is 11.7. The van der Waals surface area contributed by atoms with Crippen molar-refractivity contribution in [2.75, 3.05) is 19.0 Å². The lowest BCUT2D eigenvalue weighted by Gasteiger charge is -2.13. The highest BCUT2D eigenvalue weighted by Gasteiger charge is 2.07. The summed E-state index contributed by atoms with van der Waals surface area (Å²) in [6, 6.07) is 7.63. The molecule has 5 nitrogen and oxygen atoms in total. The van der Waals surface area contributed by atoms with E-state index in [1.807, 2.05) is 36.0 Å². The number of methoxy groups -OCH3 is 1. The van der Waals surface area contributed by atoms with Crippen molar-refractivity contribution < 1.29 is 14.3 Å². The third kappa shape index (κ3) is 3.96. The maximum atomic E-state index is 11.0. The molecule has 1 unspecified atom stereocenters. The molecule has 1 aromatic carbocycles. The number of nitrogens with zero attached hydrogens (tertiary/aromatic N) is 1. The Kier molecular flexibility index (Phi) is 4.95. The van der Waals surface area contributed by atoms with E-state index in [2.05, 4.69) is 22.0 Å². The van der Waals surface area contributed by atoms with Crippen molar-refractivity contribution in [3.05, 3.63) is 40.8 Å². The number of esters is 1. The van der Waals surface area contributed by atoms with E-state index in [9.17, 15) is 4.79 Å². The van der Waals surface area contributed by atoms with Gasteiger partial charge in [-0.25, -0.2) is 4.79 Å². The predicted molar refractivity (Wildman–Crippen MR) is 78.1 cm³/mol. The van der Waals surface area contributed by atoms with Gasteiger partial charge in [0, 0.05) is 16.8 Å². The second-order valence-electron chi connectivity index (χ2n) is 4.16. The Hall–Kier alpha value is -2.08. The number of carbonyl (C=O) groups excluding carboxylic acids is 1. The van der Waals surface area contributed by atoms with Crippen LogP contribution >= 0.6 is 11.3 Å². The van der Waals surface area contributed by atoms with Crippen molar-refractivity contribution in [2.24, 2.45) is 0 Å². The van der Waals surface area contributed by atoms with Crippen LogP contribution in [0.4, 0.5) is 5.69 Å². The first-order chi connectivity index (χ1) is 9.69. The fourth-order valence-corrected chi connectivity index (χ4v) is 2.24. The summed E-state index contributed by atoms with van der Waals surface area (Å²) in [5, 5.41) is 3.37. The van der Waals surface area contributed by atoms with Crippen molar-refractivity contribution in [3.8, 4) is 5.75 Å². The summed E-state index contributed by atoms with van der Waals surface area (Å²) in [7, 11) is 1.33. The van der Waals surface area contributed by atoms with Crippen LogP contribution in [0.15, 0.2) is 36.0 Å². The van der Waals surface area contributed by atoms with Crippen molar-refractivity contribution in [3.63, 3.8) is 0 Å². The van der Waals surface area contributed by atoms with E-state index in [0.29, 0.717) is 5.75 Å². The number of anilines is 1. The summed E-state index contributed by atoms with van der Waals surface area (Å²) in [5.74, 6) is 0.234. The zero-order valence-corrected chi connectivity index (χ0v) is 12.1. The van der Waals surface area contributed by atoms with Crippen LogP contribution in [0.25, 0.3) is 0 Å². The second kappa shape index (κ2) is 6.91. The number of carbonyl (C=O) groups is 1. The Balaban J connectivity index is 1.89. The molecule has 2 aromatic rings. The summed E-state index contributed by atoms with van der Waals surface area (Å²) < 4.78 is 9.79. The van der Waals surface area contributed by atoms with Crippen LogP contribution in [0.1, 0.15) is 17.8 Å². The van der Waals surface area contributed by atoms with E-state index in [1.165, 1.54) is 12.0 Å². The van der Waals surface area contributed by atoms with E-state index in [-0.39, 0.29) is 12.6 Å². The molecule has 1 atom stereocenters. The predicted octanol–water partition coefficient (Wildman–Crippen LogP) is 2.87. The first-order valence-electron chi connectivity index (χ1n) is 6.13. The molecule has 2 rings (SSSR count). The van der Waals surface area contributed by atoms with Crippen molar-refractivity contribution in [2.45, 2.75) is 13.0 Å². The van der Waals surface area contributed by atoms with Gasteiger partial charge in [-0.3, -0.25) is 4.98 Å². The first-order valence-corrected chi connectivity index (χ1v) is 7.01. The van der Waals surface area contributed by atoms with Crippen LogP contribution in [-0.2, 0) is 9.53 Å². The van der Waals surface area contributed by atoms with Gasteiger partial charge in [-0.2, -0.15) is 0 Å². The minimum Gasteiger partial charge on any atom is -0.482 e. The molecule has 0 saturated carbocycles. The SMILES string of the molecule is COC(=O)COc1ccc(NC(C)c2cncs2)cc1. The number of aromatic nitrogens is 1. The van der Waals surface area contributed by atoms with E-state index in [1.54, 1.807) is 11.3 Å². The van der Waals surface area contributed by atoms with Gasteiger partial charge >= 0.3 is 5.97 Å². The number of ether oxygens (including phenoxy) is 2. The molecule has 1 N–H and O–H groups in total. The third-order valence-electron chi connectivity index (χ3n) is 2.70. The highest BCUT2D eigenvalue weighted by molar-refractivity contribution is 7.09. The molecule has 0 aliphatic rings. The Morgan fingerprint density at radius 1 is 1.40 bits per heavy atom. The van der Waals surface area contributed by atoms with E-state index in [0.717, 1.165) is 5.69 Å². The van der Waals surface area contributed by atoms with Crippen LogP contribution in [0.3, 0.4) is 0 Å². The molecule has 0 spiro atoms. The monoisotopic (exact) mass is 292 g/mol. The number of rotatable bonds is 6. The Morgan fingerprint density at radius 3 is 2.75 bits per heavy atom. The molecule has 0 radical (unpaired) electrons. The van der Waals surface area contributed by atoms with E-state index < -0.39 is 5.97 Å². The summed E-state index contributed by atoms with van der Waals surface area (Å²) in [6.07, 6.45) is 1.86. The fraction of sp³-hybridized carbons (Fsp3) is 0.286. The van der Waals surface area contributed by atoms with Gasteiger partial charge in [-0.05, 0) is 31.2 Å². The first kappa shape index (κ1) is 14.3. The quantitative estimate of drug-likeness (QED) is 0.830. The Labute approximate surface area is 121 Å². The van der Waals surface area contributed by atoms with Crippen LogP contribution in [0.5, 0.6) is 5.75 Å². The molecular formula is C14H16N2O3S. The number of thiazole rings is 1. The average molecular weight is 292 g/mol. The minimum atomic E-state index is -0.397. The zero-order valence-electron chi connectivity index (χ0n) is 11.3. The second-order valence-corrected chi connectivity index (χ2v) is 5.08. The van der Waals surface area contributed by atoms with Gasteiger partial charge in [0.15, 0.2) is 6.61 Å². The van der Waals surface area contributed by atoms with Crippen LogP contribution in [0, 0.1) is 0 Å². The maximum Gasteiger partial charge on any atom is 0.343 e. The van der Waals surface area contributed by atoms with Crippen LogP contribution < -0.4 is 10.1 Å². The summed E-state index contributed by atoms with van der Waals surface area (Å²) in [5.41, 5.74) is 2.80. The highest BCUT2D eigenvalue weighted by Crippen LogP contribution is 2.23. The average Bonchev–Trinajstić information content (AvgIpc) is 3.00. The van der Waals surface area contributed by atoms with Crippen molar-refractivity contribution in [1.29, 1.82) is 0 Å². The van der Waals surface area contributed by atoms with Gasteiger partial charge in [0.1, 0.15) is 5.75 Å². The molecule has 106 valence electrons. The van der Waals surface area contributed by atoms with Gasteiger partial charge in [0.2, 0.25) is 0 Å². The Morgan fingerprint density at radius 2 is 2.15 bits per heavy atom. The van der Waals surface area contributed by atoms with E-state index in [4.69, 9.17) is 4.74 Å². The smallest absolute Gasteiger partial charge is 0.343 e. The molecule has 0 saturated heterocycles. The third-order valence-corrected chi connectivity index (χ3v) is 3.66. The summed E-state index contributed by atoms with van der Waals surface area (Å²) in [4.78, 5) is 16.2. The molecule has 20 heavy (non-hydrogen) atoms. The van der Waals surface area contributed by atoms with Gasteiger partial charge < -0.3 is 14.8 Å². The zero-order chi connectivity index (χ0) is 14.4. The number of hydrogen-bond donors (Lipinski definition) is 1. The van der Waals surface area contributed by atoms with Gasteiger partial charge in [-0.15, -0.1) is 11.3 Å². The highest BCUT2D eigenvalue weighted by atomic mass is 32.1. The van der Waals surface area contributed by atoms with Gasteiger partial charge in [-0.1, -0.05) is 0 Å².